The molecule has 1 fully saturated rings. The van der Waals surface area contributed by atoms with Crippen molar-refractivity contribution in [2.24, 2.45) is 10.8 Å². The maximum atomic E-state index is 2.66. The van der Waals surface area contributed by atoms with E-state index in [2.05, 4.69) is 152 Å². The van der Waals surface area contributed by atoms with Crippen molar-refractivity contribution >= 4 is 37.0 Å². The summed E-state index contributed by atoms with van der Waals surface area (Å²) in [5.74, 6) is 0. The molecule has 0 aromatic heterocycles. The van der Waals surface area contributed by atoms with Gasteiger partial charge in [0.1, 0.15) is 0 Å². The Kier molecular flexibility index (Phi) is 10.2. The predicted molar refractivity (Wildman–Crippen MR) is 207 cm³/mol. The number of halogens is 2. The fraction of sp³-hybridized carbons (Fsp3) is 0.364. The van der Waals surface area contributed by atoms with E-state index >= 15 is 0 Å². The first-order chi connectivity index (χ1) is 21.5. The van der Waals surface area contributed by atoms with Gasteiger partial charge in [-0.05, 0) is 0 Å². The van der Waals surface area contributed by atoms with Crippen LogP contribution in [0.4, 0.5) is 0 Å². The molecule has 1 saturated heterocycles. The molecule has 0 nitrogen and oxygen atoms in total. The molecule has 0 amide bonds. The standard InChI is InChI=1S/2C21H23.C2H4.2ClH.Hf/c2*1-5-15-9-11-16(12-10-15)19-8-6-7-17-13-18(14-20(17)19)21(2,3)4;1-2;;;/h2*6-14H,5H2,1-4H3;1-2H2;2*1H;. The first kappa shape index (κ1) is 36.1. The number of rotatable bonds is 6. The molecular weight excluding hydrogens is 778 g/mol. The smallest absolute Gasteiger partial charge is 0.147 e. The summed E-state index contributed by atoms with van der Waals surface area (Å²) in [6, 6.07) is 33.2. The summed E-state index contributed by atoms with van der Waals surface area (Å²) in [5, 5.41) is 0. The van der Waals surface area contributed by atoms with Crippen LogP contribution in [0.3, 0.4) is 0 Å². The second-order valence-electron chi connectivity index (χ2n) is 16.0. The van der Waals surface area contributed by atoms with Gasteiger partial charge in [-0.1, -0.05) is 0 Å². The molecule has 4 aromatic rings. The van der Waals surface area contributed by atoms with Gasteiger partial charge in [0.25, 0.3) is 0 Å². The van der Waals surface area contributed by atoms with E-state index < -0.39 is 20.0 Å². The molecular formula is C44H52Cl2Hf. The van der Waals surface area contributed by atoms with Crippen LogP contribution >= 0.6 is 24.8 Å². The van der Waals surface area contributed by atoms with Gasteiger partial charge in [-0.3, -0.25) is 0 Å². The van der Waals surface area contributed by atoms with Gasteiger partial charge in [-0.15, -0.1) is 24.8 Å². The minimum atomic E-state index is -3.07. The van der Waals surface area contributed by atoms with Gasteiger partial charge in [-0.25, -0.2) is 0 Å². The molecule has 7 rings (SSSR count). The maximum absolute atomic E-state index is 3.07. The minimum Gasteiger partial charge on any atom is -0.147 e. The van der Waals surface area contributed by atoms with Crippen molar-refractivity contribution in [1.82, 2.24) is 0 Å². The monoisotopic (exact) mass is 830 g/mol. The minimum absolute atomic E-state index is 0. The number of allylic oxidation sites excluding steroid dienone is 2. The average Bonchev–Trinajstić information content (AvgIpc) is 3.52. The van der Waals surface area contributed by atoms with Crippen LogP contribution in [0.2, 0.25) is 8.35 Å². The Morgan fingerprint density at radius 3 is 1.19 bits per heavy atom. The summed E-state index contributed by atoms with van der Waals surface area (Å²) in [7, 11) is 0. The van der Waals surface area contributed by atoms with E-state index in [9.17, 15) is 0 Å². The number of hydrogen-bond donors (Lipinski definition) is 0. The first-order valence-corrected chi connectivity index (χ1v) is 26.6. The van der Waals surface area contributed by atoms with E-state index in [0.29, 0.717) is 7.35 Å². The van der Waals surface area contributed by atoms with Crippen LogP contribution in [0.1, 0.15) is 96.1 Å². The van der Waals surface area contributed by atoms with Gasteiger partial charge in [0.2, 0.25) is 0 Å². The van der Waals surface area contributed by atoms with Crippen LogP contribution in [-0.4, -0.2) is 0 Å². The maximum Gasteiger partial charge on any atom is -0.147 e. The molecule has 1 aliphatic heterocycles. The first-order valence-electron chi connectivity index (χ1n) is 17.3. The third-order valence-corrected chi connectivity index (χ3v) is 29.9. The third kappa shape index (κ3) is 6.24. The summed E-state index contributed by atoms with van der Waals surface area (Å²) >= 11 is -3.07. The van der Waals surface area contributed by atoms with E-state index in [0.717, 1.165) is 12.8 Å². The predicted octanol–water partition coefficient (Wildman–Crippen LogP) is 13.7. The Morgan fingerprint density at radius 2 is 0.894 bits per heavy atom. The Balaban J connectivity index is 0.00000217. The number of aryl methyl sites for hydroxylation is 2. The molecule has 0 radical (unpaired) electrons. The molecule has 2 atom stereocenters. The largest absolute Gasteiger partial charge is 0.147 e. The van der Waals surface area contributed by atoms with Crippen molar-refractivity contribution in [3.8, 4) is 22.3 Å². The summed E-state index contributed by atoms with van der Waals surface area (Å²) in [4.78, 5) is 0. The summed E-state index contributed by atoms with van der Waals surface area (Å²) in [5.41, 5.74) is 18.4. The summed E-state index contributed by atoms with van der Waals surface area (Å²) in [6.45, 7) is 19.3. The molecule has 4 aromatic carbocycles. The van der Waals surface area contributed by atoms with Gasteiger partial charge in [0.05, 0.1) is 0 Å². The number of fused-ring (bicyclic) bond motifs is 2. The van der Waals surface area contributed by atoms with Crippen LogP contribution in [-0.2, 0) is 32.8 Å². The molecule has 0 bridgehead atoms. The molecule has 1 heterocycles. The SMILES string of the molecule is CCc1ccc(-c2cccc3c2C=C(C(C)(C)C)[CH]3[Hf]2([CH]3C(C(C)(C)C)=Cc4c(-c5ccc(CC)cc5)cccc43)[CH2][CH2]2)cc1.Cl.Cl. The second kappa shape index (κ2) is 13.3. The Hall–Kier alpha value is -2.19. The van der Waals surface area contributed by atoms with Crippen LogP contribution in [0.25, 0.3) is 34.4 Å². The average molecular weight is 830 g/mol. The third-order valence-electron chi connectivity index (χ3n) is 11.2. The fourth-order valence-corrected chi connectivity index (χ4v) is 37.9. The van der Waals surface area contributed by atoms with Crippen molar-refractivity contribution < 1.29 is 20.0 Å². The van der Waals surface area contributed by atoms with Crippen LogP contribution in [0.5, 0.6) is 0 Å². The van der Waals surface area contributed by atoms with Crippen LogP contribution in [0, 0.1) is 10.8 Å². The Bertz CT molecular complexity index is 1690. The molecule has 3 heteroatoms. The number of benzene rings is 4. The normalized spacial score (nSPS) is 19.1. The molecule has 0 N–H and O–H groups in total. The van der Waals surface area contributed by atoms with Crippen molar-refractivity contribution in [2.75, 3.05) is 0 Å². The van der Waals surface area contributed by atoms with Crippen LogP contribution < -0.4 is 0 Å². The molecule has 0 spiro atoms. The zero-order valence-corrected chi connectivity index (χ0v) is 34.8. The second-order valence-corrected chi connectivity index (χ2v) is 32.6. The summed E-state index contributed by atoms with van der Waals surface area (Å²) < 4.78 is 4.26. The molecule has 0 saturated carbocycles. The van der Waals surface area contributed by atoms with Gasteiger partial charge < -0.3 is 0 Å². The van der Waals surface area contributed by atoms with E-state index in [1.807, 2.05) is 0 Å². The zero-order valence-electron chi connectivity index (χ0n) is 29.5. The Morgan fingerprint density at radius 1 is 0.532 bits per heavy atom. The topological polar surface area (TPSA) is 0 Å². The van der Waals surface area contributed by atoms with Crippen molar-refractivity contribution in [3.05, 3.63) is 129 Å². The van der Waals surface area contributed by atoms with Gasteiger partial charge in [0, 0.05) is 0 Å². The number of hydrogen-bond acceptors (Lipinski definition) is 0. The van der Waals surface area contributed by atoms with Gasteiger partial charge >= 0.3 is 279 Å². The van der Waals surface area contributed by atoms with Crippen molar-refractivity contribution in [3.63, 3.8) is 0 Å². The molecule has 3 aliphatic rings. The summed E-state index contributed by atoms with van der Waals surface area (Å²) in [6.07, 6.45) is 7.48. The Labute approximate surface area is 301 Å². The quantitative estimate of drug-likeness (QED) is 0.170. The van der Waals surface area contributed by atoms with E-state index in [1.165, 1.54) is 52.9 Å². The van der Waals surface area contributed by atoms with E-state index in [-0.39, 0.29) is 35.6 Å². The molecule has 2 aliphatic carbocycles. The van der Waals surface area contributed by atoms with Crippen molar-refractivity contribution in [1.29, 1.82) is 0 Å². The molecule has 47 heavy (non-hydrogen) atoms. The molecule has 246 valence electrons. The van der Waals surface area contributed by atoms with Crippen LogP contribution in [0.15, 0.2) is 96.1 Å². The fourth-order valence-electron chi connectivity index (χ4n) is 8.57. The van der Waals surface area contributed by atoms with E-state index in [4.69, 9.17) is 0 Å². The van der Waals surface area contributed by atoms with Gasteiger partial charge in [0.15, 0.2) is 0 Å². The van der Waals surface area contributed by atoms with Crippen molar-refractivity contribution in [2.45, 2.75) is 83.9 Å². The zero-order chi connectivity index (χ0) is 31.7. The van der Waals surface area contributed by atoms with E-state index in [1.54, 1.807) is 22.3 Å². The van der Waals surface area contributed by atoms with Gasteiger partial charge in [-0.2, -0.15) is 0 Å². The molecule has 2 unspecified atom stereocenters.